The van der Waals surface area contributed by atoms with Crippen molar-refractivity contribution in [1.82, 2.24) is 4.57 Å². The smallest absolute Gasteiger partial charge is 0.187 e. The maximum absolute atomic E-state index is 11.9. The highest BCUT2D eigenvalue weighted by atomic mass is 16.3. The predicted molar refractivity (Wildman–Crippen MR) is 77.0 cm³/mol. The van der Waals surface area contributed by atoms with Gasteiger partial charge in [0.05, 0.1) is 5.52 Å². The molecule has 0 aliphatic rings. The second kappa shape index (κ2) is 4.81. The topological polar surface area (TPSA) is 24.8 Å². The molecule has 3 rings (SSSR count). The minimum atomic E-state index is 0.110. The lowest BCUT2D eigenvalue weighted by Crippen LogP contribution is -2.03. The first-order valence-corrected chi connectivity index (χ1v) is 6.61. The Bertz CT molecular complexity index is 698. The van der Waals surface area contributed by atoms with Gasteiger partial charge in [-0.25, -0.2) is 0 Å². The average Bonchev–Trinajstić information content (AvgIpc) is 2.80. The molecule has 2 aromatic carbocycles. The van der Waals surface area contributed by atoms with Crippen molar-refractivity contribution in [3.63, 3.8) is 0 Å². The molecule has 2 nitrogen and oxygen atoms in total. The SMILES string of the molecule is CCc1cc2c([O])cccc2n1Cc1ccccc1. The van der Waals surface area contributed by atoms with Crippen LogP contribution in [0.4, 0.5) is 0 Å². The lowest BCUT2D eigenvalue weighted by molar-refractivity contribution is 0.360. The third kappa shape index (κ3) is 2.10. The van der Waals surface area contributed by atoms with Gasteiger partial charge in [0.25, 0.3) is 0 Å². The number of fused-ring (bicyclic) bond motifs is 1. The van der Waals surface area contributed by atoms with E-state index in [4.69, 9.17) is 0 Å². The van der Waals surface area contributed by atoms with Gasteiger partial charge in [0.15, 0.2) is 5.75 Å². The van der Waals surface area contributed by atoms with Crippen molar-refractivity contribution in [2.45, 2.75) is 19.9 Å². The Kier molecular flexibility index (Phi) is 3.00. The maximum atomic E-state index is 11.9. The Morgan fingerprint density at radius 2 is 1.79 bits per heavy atom. The second-order valence-electron chi connectivity index (χ2n) is 4.75. The second-order valence-corrected chi connectivity index (χ2v) is 4.75. The molecule has 0 spiro atoms. The first-order chi connectivity index (χ1) is 9.29. The molecule has 1 radical (unpaired) electrons. The third-order valence-electron chi connectivity index (χ3n) is 3.54. The average molecular weight is 250 g/mol. The maximum Gasteiger partial charge on any atom is 0.187 e. The molecule has 0 N–H and O–H groups in total. The Morgan fingerprint density at radius 1 is 1.00 bits per heavy atom. The number of aromatic nitrogens is 1. The van der Waals surface area contributed by atoms with Gasteiger partial charge in [-0.15, -0.1) is 0 Å². The number of hydrogen-bond acceptors (Lipinski definition) is 0. The third-order valence-corrected chi connectivity index (χ3v) is 3.54. The summed E-state index contributed by atoms with van der Waals surface area (Å²) in [6, 6.07) is 17.9. The van der Waals surface area contributed by atoms with Crippen LogP contribution in [-0.4, -0.2) is 4.57 Å². The Labute approximate surface area is 112 Å². The van der Waals surface area contributed by atoms with Gasteiger partial charge in [-0.1, -0.05) is 43.3 Å². The summed E-state index contributed by atoms with van der Waals surface area (Å²) in [6.07, 6.45) is 0.932. The van der Waals surface area contributed by atoms with Crippen LogP contribution in [0.15, 0.2) is 54.6 Å². The van der Waals surface area contributed by atoms with Gasteiger partial charge in [0.1, 0.15) is 0 Å². The molecule has 0 saturated carbocycles. The highest BCUT2D eigenvalue weighted by Gasteiger charge is 2.11. The number of benzene rings is 2. The minimum absolute atomic E-state index is 0.110. The summed E-state index contributed by atoms with van der Waals surface area (Å²) < 4.78 is 2.24. The molecular weight excluding hydrogens is 234 g/mol. The molecule has 0 bridgehead atoms. The van der Waals surface area contributed by atoms with Crippen LogP contribution < -0.4 is 0 Å². The zero-order valence-electron chi connectivity index (χ0n) is 11.0. The van der Waals surface area contributed by atoms with E-state index in [1.807, 2.05) is 36.4 Å². The summed E-state index contributed by atoms with van der Waals surface area (Å²) in [7, 11) is 0. The normalized spacial score (nSPS) is 11.0. The van der Waals surface area contributed by atoms with E-state index in [1.54, 1.807) is 6.07 Å². The first kappa shape index (κ1) is 11.8. The number of aryl methyl sites for hydroxylation is 1. The summed E-state index contributed by atoms with van der Waals surface area (Å²) in [5.41, 5.74) is 3.50. The summed E-state index contributed by atoms with van der Waals surface area (Å²) >= 11 is 0. The van der Waals surface area contributed by atoms with E-state index < -0.39 is 0 Å². The molecule has 0 aliphatic carbocycles. The predicted octanol–water partition coefficient (Wildman–Crippen LogP) is 4.40. The van der Waals surface area contributed by atoms with E-state index in [0.29, 0.717) is 0 Å². The summed E-state index contributed by atoms with van der Waals surface area (Å²) in [5, 5.41) is 12.7. The van der Waals surface area contributed by atoms with Crippen molar-refractivity contribution < 1.29 is 5.11 Å². The molecule has 19 heavy (non-hydrogen) atoms. The number of nitrogens with zero attached hydrogens (tertiary/aromatic N) is 1. The lowest BCUT2D eigenvalue weighted by Gasteiger charge is -2.09. The van der Waals surface area contributed by atoms with Gasteiger partial charge in [-0.3, -0.25) is 5.11 Å². The van der Waals surface area contributed by atoms with Crippen LogP contribution in [-0.2, 0) is 18.1 Å². The van der Waals surface area contributed by atoms with Crippen LogP contribution in [0.2, 0.25) is 0 Å². The fourth-order valence-electron chi connectivity index (χ4n) is 2.56. The van der Waals surface area contributed by atoms with E-state index in [0.717, 1.165) is 23.9 Å². The molecule has 1 heterocycles. The molecule has 0 amide bonds. The van der Waals surface area contributed by atoms with Crippen molar-refractivity contribution in [2.75, 3.05) is 0 Å². The van der Waals surface area contributed by atoms with Crippen molar-refractivity contribution >= 4 is 10.9 Å². The van der Waals surface area contributed by atoms with Gasteiger partial charge in [-0.05, 0) is 30.2 Å². The van der Waals surface area contributed by atoms with Gasteiger partial charge in [0, 0.05) is 17.6 Å². The monoisotopic (exact) mass is 250 g/mol. The minimum Gasteiger partial charge on any atom is -0.340 e. The van der Waals surface area contributed by atoms with Crippen LogP contribution >= 0.6 is 0 Å². The molecule has 1 aromatic heterocycles. The van der Waals surface area contributed by atoms with E-state index in [2.05, 4.69) is 23.6 Å². The van der Waals surface area contributed by atoms with Crippen LogP contribution in [0.5, 0.6) is 5.75 Å². The van der Waals surface area contributed by atoms with Crippen LogP contribution in [0.1, 0.15) is 18.2 Å². The Morgan fingerprint density at radius 3 is 2.53 bits per heavy atom. The number of hydrogen-bond donors (Lipinski definition) is 0. The molecule has 0 unspecified atom stereocenters. The quantitative estimate of drug-likeness (QED) is 0.658. The van der Waals surface area contributed by atoms with Gasteiger partial charge < -0.3 is 4.57 Å². The molecule has 3 aromatic rings. The van der Waals surface area contributed by atoms with E-state index in [9.17, 15) is 5.11 Å². The molecule has 0 atom stereocenters. The fourth-order valence-corrected chi connectivity index (χ4v) is 2.56. The standard InChI is InChI=1S/C17H16NO/c1-2-14-11-15-16(9-6-10-17(15)19)18(14)12-13-7-4-3-5-8-13/h3-11H,2,12H2,1H3. The van der Waals surface area contributed by atoms with Crippen molar-refractivity contribution in [2.24, 2.45) is 0 Å². The first-order valence-electron chi connectivity index (χ1n) is 6.61. The van der Waals surface area contributed by atoms with E-state index in [1.165, 1.54) is 11.3 Å². The molecule has 0 fully saturated rings. The largest absolute Gasteiger partial charge is 0.340 e. The molecule has 95 valence electrons. The molecule has 2 heteroatoms. The van der Waals surface area contributed by atoms with Gasteiger partial charge in [0.2, 0.25) is 0 Å². The fraction of sp³-hybridized carbons (Fsp3) is 0.176. The van der Waals surface area contributed by atoms with Crippen LogP contribution in [0.25, 0.3) is 10.9 Å². The molecular formula is C17H16NO. The van der Waals surface area contributed by atoms with Crippen LogP contribution in [0, 0.1) is 0 Å². The zero-order valence-corrected chi connectivity index (χ0v) is 11.0. The Balaban J connectivity index is 2.14. The zero-order chi connectivity index (χ0) is 13.2. The summed E-state index contributed by atoms with van der Waals surface area (Å²) in [4.78, 5) is 0. The lowest BCUT2D eigenvalue weighted by atomic mass is 10.2. The van der Waals surface area contributed by atoms with Crippen LogP contribution in [0.3, 0.4) is 0 Å². The van der Waals surface area contributed by atoms with Crippen molar-refractivity contribution in [3.05, 3.63) is 65.9 Å². The van der Waals surface area contributed by atoms with Gasteiger partial charge >= 0.3 is 0 Å². The van der Waals surface area contributed by atoms with E-state index in [-0.39, 0.29) is 5.75 Å². The molecule has 0 saturated heterocycles. The highest BCUT2D eigenvalue weighted by Crippen LogP contribution is 2.29. The van der Waals surface area contributed by atoms with Crippen molar-refractivity contribution in [3.8, 4) is 5.75 Å². The van der Waals surface area contributed by atoms with Crippen molar-refractivity contribution in [1.29, 1.82) is 0 Å². The highest BCUT2D eigenvalue weighted by molar-refractivity contribution is 5.87. The summed E-state index contributed by atoms with van der Waals surface area (Å²) in [5.74, 6) is 0.110. The Hall–Kier alpha value is -2.22. The molecule has 0 aliphatic heterocycles. The van der Waals surface area contributed by atoms with E-state index >= 15 is 0 Å². The number of rotatable bonds is 3. The summed E-state index contributed by atoms with van der Waals surface area (Å²) in [6.45, 7) is 2.94. The van der Waals surface area contributed by atoms with Gasteiger partial charge in [-0.2, -0.15) is 0 Å².